The molecule has 2 N–H and O–H groups in total. The lowest BCUT2D eigenvalue weighted by Gasteiger charge is -2.29. The van der Waals surface area contributed by atoms with Crippen molar-refractivity contribution < 1.29 is 8.42 Å². The predicted octanol–water partition coefficient (Wildman–Crippen LogP) is 2.73. The number of allylic oxidation sites excluding steroid dienone is 1. The fourth-order valence-corrected chi connectivity index (χ4v) is 4.52. The normalized spacial score (nSPS) is 21.5. The van der Waals surface area contributed by atoms with Gasteiger partial charge in [0.15, 0.2) is 0 Å². The van der Waals surface area contributed by atoms with Crippen LogP contribution in [0.1, 0.15) is 44.7 Å². The zero-order valence-electron chi connectivity index (χ0n) is 14.3. The summed E-state index contributed by atoms with van der Waals surface area (Å²) in [6, 6.07) is 2.02. The summed E-state index contributed by atoms with van der Waals surface area (Å²) in [6.45, 7) is 3.96. The van der Waals surface area contributed by atoms with Gasteiger partial charge in [0.25, 0.3) is 0 Å². The number of nitrogens with zero attached hydrogens (tertiary/aromatic N) is 2. The van der Waals surface area contributed by atoms with Gasteiger partial charge in [-0.1, -0.05) is 18.6 Å². The summed E-state index contributed by atoms with van der Waals surface area (Å²) in [5, 5.41) is 0.611. The Kier molecular flexibility index (Phi) is 4.73. The van der Waals surface area contributed by atoms with Crippen LogP contribution in [0, 0.1) is 5.92 Å². The summed E-state index contributed by atoms with van der Waals surface area (Å²) in [6.07, 6.45) is 8.29. The first kappa shape index (κ1) is 17.1. The second-order valence-electron chi connectivity index (χ2n) is 6.49. The molecule has 6 nitrogen and oxygen atoms in total. The molecular formula is C17H24N4O2S. The molecule has 24 heavy (non-hydrogen) atoms. The maximum absolute atomic E-state index is 12.0. The van der Waals surface area contributed by atoms with Gasteiger partial charge in [-0.15, -0.1) is 0 Å². The highest BCUT2D eigenvalue weighted by Gasteiger charge is 2.29. The molecule has 0 radical (unpaired) electrons. The van der Waals surface area contributed by atoms with E-state index >= 15 is 0 Å². The van der Waals surface area contributed by atoms with Crippen LogP contribution in [-0.4, -0.2) is 35.7 Å². The molecule has 3 atom stereocenters. The zero-order valence-corrected chi connectivity index (χ0v) is 15.1. The molecule has 0 bridgehead atoms. The number of rotatable bonds is 5. The van der Waals surface area contributed by atoms with E-state index in [0.29, 0.717) is 11.8 Å². The number of H-pyrrole nitrogens is 1. The lowest BCUT2D eigenvalue weighted by Crippen LogP contribution is -2.32. The maximum Gasteiger partial charge on any atom is 0.217 e. The van der Waals surface area contributed by atoms with Crippen molar-refractivity contribution in [1.29, 1.82) is 0 Å². The molecule has 1 aliphatic carbocycles. The minimum atomic E-state index is -3.25. The van der Waals surface area contributed by atoms with E-state index in [1.807, 2.05) is 12.3 Å². The summed E-state index contributed by atoms with van der Waals surface area (Å²) in [4.78, 5) is 11.9. The van der Waals surface area contributed by atoms with Crippen LogP contribution in [0.15, 0.2) is 30.2 Å². The molecule has 0 amide bonds. The number of fused-ring (bicyclic) bond motifs is 1. The Labute approximate surface area is 142 Å². The van der Waals surface area contributed by atoms with Crippen molar-refractivity contribution in [3.05, 3.63) is 35.9 Å². The standard InChI is InChI=1S/C17H24N4O2S/c1-11(16-15-8-9-19-17(15)21-10-20-16)13-4-6-14(7-5-13)12(2)24(22,23)18-3/h6,8-13,18H,4-5,7H2,1-3H3,(H,19,20,21)/t11-,12?,13-/m1/s1. The maximum atomic E-state index is 12.0. The topological polar surface area (TPSA) is 87.7 Å². The Morgan fingerprint density at radius 3 is 2.79 bits per heavy atom. The molecule has 0 saturated carbocycles. The van der Waals surface area contributed by atoms with Gasteiger partial charge in [-0.3, -0.25) is 0 Å². The van der Waals surface area contributed by atoms with Crippen molar-refractivity contribution in [1.82, 2.24) is 19.7 Å². The molecule has 0 aromatic carbocycles. The first-order chi connectivity index (χ1) is 11.4. The molecule has 0 fully saturated rings. The van der Waals surface area contributed by atoms with Gasteiger partial charge in [0.1, 0.15) is 12.0 Å². The number of aromatic amines is 1. The number of hydrogen-bond acceptors (Lipinski definition) is 4. The largest absolute Gasteiger partial charge is 0.346 e. The van der Waals surface area contributed by atoms with Gasteiger partial charge in [-0.2, -0.15) is 0 Å². The Balaban J connectivity index is 1.78. The quantitative estimate of drug-likeness (QED) is 0.813. The number of hydrogen-bond donors (Lipinski definition) is 2. The minimum absolute atomic E-state index is 0.306. The van der Waals surface area contributed by atoms with E-state index in [1.54, 1.807) is 13.3 Å². The second kappa shape index (κ2) is 6.64. The Morgan fingerprint density at radius 2 is 2.12 bits per heavy atom. The van der Waals surface area contributed by atoms with Crippen LogP contribution in [0.5, 0.6) is 0 Å². The monoisotopic (exact) mass is 348 g/mol. The number of aromatic nitrogens is 3. The third kappa shape index (κ3) is 3.10. The average Bonchev–Trinajstić information content (AvgIpc) is 3.09. The average molecular weight is 348 g/mol. The molecule has 1 unspecified atom stereocenters. The van der Waals surface area contributed by atoms with Crippen LogP contribution in [0.4, 0.5) is 0 Å². The van der Waals surface area contributed by atoms with Gasteiger partial charge in [0, 0.05) is 17.5 Å². The summed E-state index contributed by atoms with van der Waals surface area (Å²) in [7, 11) is -1.78. The van der Waals surface area contributed by atoms with E-state index in [4.69, 9.17) is 0 Å². The van der Waals surface area contributed by atoms with E-state index in [0.717, 1.165) is 41.6 Å². The fraction of sp³-hybridized carbons (Fsp3) is 0.529. The van der Waals surface area contributed by atoms with Gasteiger partial charge in [0.05, 0.1) is 10.9 Å². The van der Waals surface area contributed by atoms with Crippen LogP contribution in [0.2, 0.25) is 0 Å². The van der Waals surface area contributed by atoms with E-state index < -0.39 is 15.3 Å². The Morgan fingerprint density at radius 1 is 1.33 bits per heavy atom. The third-order valence-corrected chi connectivity index (χ3v) is 7.08. The fourth-order valence-electron chi connectivity index (χ4n) is 3.55. The molecule has 2 aromatic rings. The first-order valence-corrected chi connectivity index (χ1v) is 9.88. The Hall–Kier alpha value is -1.73. The highest BCUT2D eigenvalue weighted by atomic mass is 32.2. The lowest BCUT2D eigenvalue weighted by atomic mass is 9.79. The highest BCUT2D eigenvalue weighted by Crippen LogP contribution is 2.37. The molecule has 0 spiro atoms. The van der Waals surface area contributed by atoms with Crippen LogP contribution in [0.25, 0.3) is 11.0 Å². The second-order valence-corrected chi connectivity index (χ2v) is 8.70. The van der Waals surface area contributed by atoms with Crippen LogP contribution < -0.4 is 4.72 Å². The van der Waals surface area contributed by atoms with Crippen molar-refractivity contribution in [2.24, 2.45) is 5.92 Å². The summed E-state index contributed by atoms with van der Waals surface area (Å²) < 4.78 is 26.4. The lowest BCUT2D eigenvalue weighted by molar-refractivity contribution is 0.396. The van der Waals surface area contributed by atoms with Gasteiger partial charge in [-0.05, 0) is 45.2 Å². The molecule has 3 rings (SSSR count). The zero-order chi connectivity index (χ0) is 17.3. The van der Waals surface area contributed by atoms with E-state index in [-0.39, 0.29) is 0 Å². The first-order valence-electron chi connectivity index (χ1n) is 8.33. The molecule has 7 heteroatoms. The molecular weight excluding hydrogens is 324 g/mol. The molecule has 2 heterocycles. The van der Waals surface area contributed by atoms with E-state index in [9.17, 15) is 8.42 Å². The van der Waals surface area contributed by atoms with Crippen LogP contribution in [-0.2, 0) is 10.0 Å². The smallest absolute Gasteiger partial charge is 0.217 e. The van der Waals surface area contributed by atoms with Gasteiger partial charge in [-0.25, -0.2) is 23.1 Å². The van der Waals surface area contributed by atoms with Gasteiger partial charge >= 0.3 is 0 Å². The van der Waals surface area contributed by atoms with Gasteiger partial charge in [0.2, 0.25) is 10.0 Å². The minimum Gasteiger partial charge on any atom is -0.346 e. The van der Waals surface area contributed by atoms with Crippen LogP contribution >= 0.6 is 0 Å². The van der Waals surface area contributed by atoms with Crippen molar-refractivity contribution in [3.8, 4) is 0 Å². The molecule has 0 aliphatic heterocycles. The van der Waals surface area contributed by atoms with E-state index in [2.05, 4.69) is 32.7 Å². The summed E-state index contributed by atoms with van der Waals surface area (Å²) in [5.74, 6) is 0.770. The Bertz CT molecular complexity index is 856. The third-order valence-electron chi connectivity index (χ3n) is 5.28. The summed E-state index contributed by atoms with van der Waals surface area (Å²) >= 11 is 0. The van der Waals surface area contributed by atoms with Gasteiger partial charge < -0.3 is 4.98 Å². The number of nitrogens with one attached hydrogen (secondary N) is 2. The SMILES string of the molecule is CNS(=O)(=O)C(C)C1=CC[C@@H]([C@@H](C)c2ncnc3[nH]ccc23)CC1. The van der Waals surface area contributed by atoms with Crippen molar-refractivity contribution in [2.45, 2.75) is 44.3 Å². The highest BCUT2D eigenvalue weighted by molar-refractivity contribution is 7.90. The van der Waals surface area contributed by atoms with Crippen LogP contribution in [0.3, 0.4) is 0 Å². The van der Waals surface area contributed by atoms with Crippen molar-refractivity contribution >= 4 is 21.1 Å². The summed E-state index contributed by atoms with van der Waals surface area (Å²) in [5.41, 5.74) is 2.95. The molecule has 0 saturated heterocycles. The molecule has 1 aliphatic rings. The van der Waals surface area contributed by atoms with Crippen molar-refractivity contribution in [2.75, 3.05) is 7.05 Å². The molecule has 2 aromatic heterocycles. The predicted molar refractivity (Wildman–Crippen MR) is 95.2 cm³/mol. The van der Waals surface area contributed by atoms with E-state index in [1.165, 1.54) is 7.05 Å². The number of sulfonamides is 1. The molecule has 130 valence electrons. The van der Waals surface area contributed by atoms with Crippen molar-refractivity contribution in [3.63, 3.8) is 0 Å².